The maximum atomic E-state index is 13.5. The summed E-state index contributed by atoms with van der Waals surface area (Å²) in [6.07, 6.45) is 3.67. The molecule has 2 heterocycles. The van der Waals surface area contributed by atoms with Crippen LogP contribution < -0.4 is 5.32 Å². The number of amides is 1. The normalized spacial score (nSPS) is 23.1. The molecule has 0 radical (unpaired) electrons. The van der Waals surface area contributed by atoms with Crippen LogP contribution in [0.25, 0.3) is 0 Å². The Morgan fingerprint density at radius 3 is 2.78 bits per heavy atom. The van der Waals surface area contributed by atoms with Gasteiger partial charge < -0.3 is 14.8 Å². The Morgan fingerprint density at radius 2 is 2.07 bits per heavy atom. The van der Waals surface area contributed by atoms with Gasteiger partial charge in [0.15, 0.2) is 0 Å². The Bertz CT molecular complexity index is 640. The zero-order chi connectivity index (χ0) is 19.3. The minimum absolute atomic E-state index is 0.174. The van der Waals surface area contributed by atoms with Crippen LogP contribution in [0.15, 0.2) is 18.2 Å². The van der Waals surface area contributed by atoms with Crippen LogP contribution in [0.4, 0.5) is 0 Å². The van der Waals surface area contributed by atoms with Crippen molar-refractivity contribution in [1.82, 2.24) is 10.2 Å². The lowest BCUT2D eigenvalue weighted by Gasteiger charge is -2.39. The molecule has 1 aromatic carbocycles. The Balaban J connectivity index is 1.74. The molecule has 2 saturated heterocycles. The molecule has 1 aromatic rings. The van der Waals surface area contributed by atoms with Crippen molar-refractivity contribution in [3.8, 4) is 0 Å². The Morgan fingerprint density at radius 1 is 1.30 bits per heavy atom. The van der Waals surface area contributed by atoms with Gasteiger partial charge in [-0.25, -0.2) is 0 Å². The van der Waals surface area contributed by atoms with Crippen LogP contribution in [0.5, 0.6) is 0 Å². The van der Waals surface area contributed by atoms with Gasteiger partial charge in [0.25, 0.3) is 0 Å². The third-order valence-corrected chi connectivity index (χ3v) is 6.29. The highest BCUT2D eigenvalue weighted by atomic mass is 16.5. The molecule has 2 aliphatic heterocycles. The van der Waals surface area contributed by atoms with Crippen LogP contribution in [0.1, 0.15) is 42.4 Å². The molecule has 2 aliphatic rings. The fourth-order valence-corrected chi connectivity index (χ4v) is 4.33. The van der Waals surface area contributed by atoms with Gasteiger partial charge in [-0.3, -0.25) is 9.69 Å². The summed E-state index contributed by atoms with van der Waals surface area (Å²) in [7, 11) is 1.74. The molecule has 1 N–H and O–H groups in total. The molecule has 0 bridgehead atoms. The summed E-state index contributed by atoms with van der Waals surface area (Å²) in [5.74, 6) is 0.174. The van der Waals surface area contributed by atoms with E-state index in [1.807, 2.05) is 0 Å². The molecule has 2 fully saturated rings. The van der Waals surface area contributed by atoms with Crippen molar-refractivity contribution in [2.75, 3.05) is 46.6 Å². The van der Waals surface area contributed by atoms with Gasteiger partial charge in [-0.1, -0.05) is 18.2 Å². The van der Waals surface area contributed by atoms with Crippen LogP contribution >= 0.6 is 0 Å². The number of hydrogen-bond donors (Lipinski definition) is 1. The molecule has 3 rings (SSSR count). The average molecular weight is 375 g/mol. The Hall–Kier alpha value is -1.43. The van der Waals surface area contributed by atoms with E-state index >= 15 is 0 Å². The quantitative estimate of drug-likeness (QED) is 0.832. The molecular weight excluding hydrogens is 340 g/mol. The highest BCUT2D eigenvalue weighted by molar-refractivity contribution is 5.88. The number of rotatable bonds is 6. The first kappa shape index (κ1) is 20.3. The molecular formula is C22H34N2O3. The van der Waals surface area contributed by atoms with Gasteiger partial charge in [0.1, 0.15) is 0 Å². The van der Waals surface area contributed by atoms with Crippen molar-refractivity contribution < 1.29 is 14.3 Å². The van der Waals surface area contributed by atoms with Gasteiger partial charge in [-0.05, 0) is 62.8 Å². The number of ether oxygens (including phenoxy) is 2. The first-order valence-electron chi connectivity index (χ1n) is 10.2. The van der Waals surface area contributed by atoms with E-state index in [2.05, 4.69) is 42.3 Å². The van der Waals surface area contributed by atoms with Crippen LogP contribution in [-0.4, -0.2) is 63.4 Å². The summed E-state index contributed by atoms with van der Waals surface area (Å²) >= 11 is 0. The lowest BCUT2D eigenvalue weighted by Crippen LogP contribution is -2.55. The van der Waals surface area contributed by atoms with Gasteiger partial charge >= 0.3 is 0 Å². The largest absolute Gasteiger partial charge is 0.383 e. The van der Waals surface area contributed by atoms with E-state index in [-0.39, 0.29) is 11.9 Å². The number of carbonyl (C=O) groups excluding carboxylic acids is 1. The van der Waals surface area contributed by atoms with Crippen molar-refractivity contribution in [2.45, 2.75) is 51.0 Å². The zero-order valence-electron chi connectivity index (χ0n) is 17.1. The zero-order valence-corrected chi connectivity index (χ0v) is 17.1. The first-order valence-corrected chi connectivity index (χ1v) is 10.2. The van der Waals surface area contributed by atoms with E-state index < -0.39 is 5.41 Å². The van der Waals surface area contributed by atoms with Crippen molar-refractivity contribution >= 4 is 5.91 Å². The molecule has 1 unspecified atom stereocenters. The van der Waals surface area contributed by atoms with E-state index in [0.29, 0.717) is 13.2 Å². The molecule has 5 nitrogen and oxygen atoms in total. The van der Waals surface area contributed by atoms with Gasteiger partial charge in [0, 0.05) is 39.5 Å². The van der Waals surface area contributed by atoms with Gasteiger partial charge in [-0.2, -0.15) is 0 Å². The second kappa shape index (κ2) is 9.18. The predicted octanol–water partition coefficient (Wildman–Crippen LogP) is 2.58. The number of methoxy groups -OCH3 is 1. The number of aryl methyl sites for hydroxylation is 2. The summed E-state index contributed by atoms with van der Waals surface area (Å²) in [6, 6.07) is 6.70. The fraction of sp³-hybridized carbons (Fsp3) is 0.682. The third-order valence-electron chi connectivity index (χ3n) is 6.29. The number of carbonyl (C=O) groups is 1. The lowest BCUT2D eigenvalue weighted by molar-refractivity contribution is -0.131. The van der Waals surface area contributed by atoms with E-state index in [4.69, 9.17) is 9.47 Å². The minimum Gasteiger partial charge on any atom is -0.383 e. The van der Waals surface area contributed by atoms with Gasteiger partial charge in [0.05, 0.1) is 12.0 Å². The molecule has 27 heavy (non-hydrogen) atoms. The number of likely N-dealkylation sites (tertiary alicyclic amines) is 1. The summed E-state index contributed by atoms with van der Waals surface area (Å²) in [6.45, 7) is 9.20. The number of piperidine rings is 1. The Labute approximate surface area is 163 Å². The molecule has 1 amide bonds. The van der Waals surface area contributed by atoms with Gasteiger partial charge in [-0.15, -0.1) is 0 Å². The van der Waals surface area contributed by atoms with E-state index in [1.165, 1.54) is 11.1 Å². The third kappa shape index (κ3) is 4.71. The maximum Gasteiger partial charge on any atom is 0.231 e. The minimum atomic E-state index is -0.467. The molecule has 0 aliphatic carbocycles. The molecule has 150 valence electrons. The predicted molar refractivity (Wildman–Crippen MR) is 107 cm³/mol. The molecule has 0 saturated carbocycles. The standard InChI is InChI=1S/C22H34N2O3/c1-17-6-7-19(15-18(17)2)22(8-12-27-13-9-22)21(25)23-20-5-4-10-24(16-20)11-14-26-3/h6-7,15,20H,4-5,8-14,16H2,1-3H3,(H,23,25). The number of nitrogens with one attached hydrogen (secondary N) is 1. The topological polar surface area (TPSA) is 50.8 Å². The molecule has 1 atom stereocenters. The second-order valence-electron chi connectivity index (χ2n) is 8.10. The Kier molecular flexibility index (Phi) is 6.90. The molecule has 0 aromatic heterocycles. The van der Waals surface area contributed by atoms with Crippen molar-refractivity contribution in [2.24, 2.45) is 0 Å². The average Bonchev–Trinajstić information content (AvgIpc) is 2.69. The van der Waals surface area contributed by atoms with E-state index in [1.54, 1.807) is 7.11 Å². The number of nitrogens with zero attached hydrogens (tertiary/aromatic N) is 1. The lowest BCUT2D eigenvalue weighted by atomic mass is 9.72. The van der Waals surface area contributed by atoms with Crippen LogP contribution in [-0.2, 0) is 19.7 Å². The van der Waals surface area contributed by atoms with E-state index in [0.717, 1.165) is 57.5 Å². The smallest absolute Gasteiger partial charge is 0.231 e. The van der Waals surface area contributed by atoms with Crippen molar-refractivity contribution in [3.63, 3.8) is 0 Å². The van der Waals surface area contributed by atoms with Crippen LogP contribution in [0.2, 0.25) is 0 Å². The van der Waals surface area contributed by atoms with Crippen LogP contribution in [0, 0.1) is 13.8 Å². The summed E-state index contributed by atoms with van der Waals surface area (Å²) in [5, 5.41) is 3.39. The van der Waals surface area contributed by atoms with Gasteiger partial charge in [0.2, 0.25) is 5.91 Å². The highest BCUT2D eigenvalue weighted by Crippen LogP contribution is 2.36. The van der Waals surface area contributed by atoms with Crippen LogP contribution in [0.3, 0.4) is 0 Å². The number of hydrogen-bond acceptors (Lipinski definition) is 4. The fourth-order valence-electron chi connectivity index (χ4n) is 4.33. The SMILES string of the molecule is COCCN1CCCC(NC(=O)C2(c3ccc(C)c(C)c3)CCOCC2)C1. The maximum absolute atomic E-state index is 13.5. The summed E-state index contributed by atoms with van der Waals surface area (Å²) < 4.78 is 10.8. The molecule has 5 heteroatoms. The highest BCUT2D eigenvalue weighted by Gasteiger charge is 2.42. The number of benzene rings is 1. The van der Waals surface area contributed by atoms with Crippen molar-refractivity contribution in [3.05, 3.63) is 34.9 Å². The summed E-state index contributed by atoms with van der Waals surface area (Å²) in [5.41, 5.74) is 3.18. The summed E-state index contributed by atoms with van der Waals surface area (Å²) in [4.78, 5) is 15.9. The first-order chi connectivity index (χ1) is 13.0. The van der Waals surface area contributed by atoms with E-state index in [9.17, 15) is 4.79 Å². The van der Waals surface area contributed by atoms with Crippen molar-refractivity contribution in [1.29, 1.82) is 0 Å². The molecule has 0 spiro atoms. The monoisotopic (exact) mass is 374 g/mol. The second-order valence-corrected chi connectivity index (χ2v) is 8.10.